The molecule has 1 unspecified atom stereocenters. The van der Waals surface area contributed by atoms with Crippen LogP contribution in [0.4, 0.5) is 4.79 Å². The van der Waals surface area contributed by atoms with E-state index in [2.05, 4.69) is 17.6 Å². The van der Waals surface area contributed by atoms with E-state index in [0.29, 0.717) is 38.1 Å². The minimum atomic E-state index is -0.486. The maximum Gasteiger partial charge on any atom is 1.00 e. The Hall–Kier alpha value is -1.46. The molecule has 40 heavy (non-hydrogen) atoms. The molecule has 1 saturated heterocycles. The van der Waals surface area contributed by atoms with Gasteiger partial charge >= 0.3 is 64.3 Å². The van der Waals surface area contributed by atoms with Crippen molar-refractivity contribution in [1.82, 2.24) is 10.2 Å². The number of rotatable bonds is 19. The van der Waals surface area contributed by atoms with Crippen LogP contribution in [-0.4, -0.2) is 67.4 Å². The summed E-state index contributed by atoms with van der Waals surface area (Å²) >= 11 is 0. The number of carbonyl (C=O) groups is 5. The van der Waals surface area contributed by atoms with Crippen LogP contribution in [0, 0.1) is 5.92 Å². The number of β-lactam (4-membered cyclic amide) rings is 1. The van der Waals surface area contributed by atoms with Gasteiger partial charge in [0.15, 0.2) is 0 Å². The summed E-state index contributed by atoms with van der Waals surface area (Å²) in [5.74, 6) is -0.262. The number of ketones is 1. The SMILES string of the molecule is CCCC(CCCCNC(=O)OCCCOCC(=O)[N-]Cc1ccc(CC(=O)N2CCC2=O)cc1)C(=O)CC.[Rb+]. The normalized spacial score (nSPS) is 13.1. The number of ether oxygens (including phenoxy) is 2. The third-order valence-electron chi connectivity index (χ3n) is 6.55. The van der Waals surface area contributed by atoms with Gasteiger partial charge in [0.05, 0.1) is 32.1 Å². The van der Waals surface area contributed by atoms with Crippen LogP contribution in [-0.2, 0) is 41.6 Å². The van der Waals surface area contributed by atoms with E-state index in [9.17, 15) is 24.0 Å². The van der Waals surface area contributed by atoms with Crippen molar-refractivity contribution in [3.05, 3.63) is 40.7 Å². The van der Waals surface area contributed by atoms with Crippen LogP contribution in [0.5, 0.6) is 0 Å². The number of unbranched alkanes of at least 4 members (excludes halogenated alkanes) is 1. The average Bonchev–Trinajstić information content (AvgIpc) is 2.92. The minimum Gasteiger partial charge on any atom is -0.648 e. The fourth-order valence-electron chi connectivity index (χ4n) is 4.18. The summed E-state index contributed by atoms with van der Waals surface area (Å²) in [6, 6.07) is 7.19. The molecule has 1 aliphatic rings. The number of benzene rings is 1. The van der Waals surface area contributed by atoms with Crippen LogP contribution in [0.3, 0.4) is 0 Å². The van der Waals surface area contributed by atoms with Crippen molar-refractivity contribution in [2.24, 2.45) is 5.92 Å². The zero-order valence-electron chi connectivity index (χ0n) is 24.2. The molecule has 0 bridgehead atoms. The number of Topliss-reactive ketones (excluding diaryl/α,β-unsaturated/α-hetero) is 1. The third kappa shape index (κ3) is 14.4. The number of imide groups is 1. The van der Waals surface area contributed by atoms with Crippen molar-refractivity contribution in [1.29, 1.82) is 0 Å². The van der Waals surface area contributed by atoms with Gasteiger partial charge in [-0.05, 0) is 24.8 Å². The summed E-state index contributed by atoms with van der Waals surface area (Å²) in [5.41, 5.74) is 1.63. The Labute approximate surface area is 286 Å². The van der Waals surface area contributed by atoms with Crippen molar-refractivity contribution in [2.45, 2.75) is 78.2 Å². The number of amides is 4. The number of nitrogens with zero attached hydrogens (tertiary/aromatic N) is 2. The Morgan fingerprint density at radius 1 is 1.00 bits per heavy atom. The molecular formula is C29H42N3O7Rb. The number of hydrogen-bond donors (Lipinski definition) is 1. The Morgan fingerprint density at radius 3 is 2.35 bits per heavy atom. The standard InChI is InChI=1S/C29H43N3O7.Rb/c1-3-8-24(25(33)4-2)9-5-6-15-30-29(37)39-18-7-17-38-21-26(34)31-20-23-12-10-22(11-13-23)19-28(36)32-16-14-27(32)35;/h10-13,24H,3-9,14-21H2,1-2H3,(H2,30,31,34,37);/q;+1/p-1. The molecule has 10 nitrogen and oxygen atoms in total. The molecule has 1 heterocycles. The monoisotopic (exact) mass is 629 g/mol. The van der Waals surface area contributed by atoms with E-state index in [4.69, 9.17) is 9.47 Å². The second-order valence-corrected chi connectivity index (χ2v) is 9.66. The first-order chi connectivity index (χ1) is 18.8. The van der Waals surface area contributed by atoms with Crippen molar-refractivity contribution < 1.29 is 91.6 Å². The number of alkyl carbamates (subject to hydrolysis) is 1. The largest absolute Gasteiger partial charge is 1.00 e. The summed E-state index contributed by atoms with van der Waals surface area (Å²) in [6.45, 7) is 5.48. The zero-order valence-corrected chi connectivity index (χ0v) is 29.2. The van der Waals surface area contributed by atoms with Crippen LogP contribution < -0.4 is 63.5 Å². The summed E-state index contributed by atoms with van der Waals surface area (Å²) < 4.78 is 10.4. The molecule has 1 aromatic carbocycles. The maximum atomic E-state index is 12.0. The first-order valence-electron chi connectivity index (χ1n) is 14.0. The molecule has 11 heteroatoms. The third-order valence-corrected chi connectivity index (χ3v) is 6.55. The van der Waals surface area contributed by atoms with Gasteiger partial charge in [-0.25, -0.2) is 4.79 Å². The molecule has 4 amide bonds. The van der Waals surface area contributed by atoms with Gasteiger partial charge in [0, 0.05) is 38.3 Å². The van der Waals surface area contributed by atoms with Crippen LogP contribution in [0.15, 0.2) is 24.3 Å². The van der Waals surface area contributed by atoms with E-state index in [0.717, 1.165) is 43.2 Å². The van der Waals surface area contributed by atoms with Gasteiger partial charge in [0.2, 0.25) is 11.8 Å². The molecule has 0 aromatic heterocycles. The smallest absolute Gasteiger partial charge is 0.648 e. The molecule has 2 rings (SSSR count). The predicted molar refractivity (Wildman–Crippen MR) is 146 cm³/mol. The van der Waals surface area contributed by atoms with Crippen molar-refractivity contribution in [2.75, 3.05) is 32.9 Å². The number of likely N-dealkylation sites (tertiary alicyclic amines) is 1. The molecule has 1 aromatic rings. The quantitative estimate of drug-likeness (QED) is 0.179. The van der Waals surface area contributed by atoms with Crippen molar-refractivity contribution in [3.63, 3.8) is 0 Å². The number of carbonyl (C=O) groups excluding carboxylic acids is 5. The van der Waals surface area contributed by atoms with Gasteiger partial charge in [-0.15, -0.1) is 6.54 Å². The summed E-state index contributed by atoms with van der Waals surface area (Å²) in [6.07, 6.45) is 5.61. The van der Waals surface area contributed by atoms with Gasteiger partial charge in [0.1, 0.15) is 5.78 Å². The minimum absolute atomic E-state index is 0. The van der Waals surface area contributed by atoms with Crippen LogP contribution >= 0.6 is 0 Å². The second kappa shape index (κ2) is 21.3. The van der Waals surface area contributed by atoms with Gasteiger partial charge in [-0.2, -0.15) is 0 Å². The van der Waals surface area contributed by atoms with E-state index < -0.39 is 6.09 Å². The Balaban J connectivity index is 0.00000800. The van der Waals surface area contributed by atoms with Gasteiger partial charge in [0.25, 0.3) is 0 Å². The number of nitrogens with one attached hydrogen (secondary N) is 1. The molecule has 216 valence electrons. The summed E-state index contributed by atoms with van der Waals surface area (Å²) in [5, 5.41) is 6.69. The van der Waals surface area contributed by atoms with Gasteiger partial charge < -0.3 is 24.9 Å². The van der Waals surface area contributed by atoms with Crippen LogP contribution in [0.2, 0.25) is 0 Å². The first-order valence-corrected chi connectivity index (χ1v) is 14.0. The molecular weight excluding hydrogens is 588 g/mol. The molecule has 1 fully saturated rings. The van der Waals surface area contributed by atoms with E-state index in [-0.39, 0.29) is 115 Å². The maximum absolute atomic E-state index is 12.0. The topological polar surface area (TPSA) is 133 Å². The molecule has 1 atom stereocenters. The fraction of sp³-hybridized carbons (Fsp3) is 0.621. The molecule has 0 aliphatic carbocycles. The Morgan fingerprint density at radius 2 is 1.73 bits per heavy atom. The van der Waals surface area contributed by atoms with Crippen LogP contribution in [0.1, 0.15) is 76.3 Å². The van der Waals surface area contributed by atoms with E-state index in [1.54, 1.807) is 24.3 Å². The van der Waals surface area contributed by atoms with Crippen molar-refractivity contribution in [3.8, 4) is 0 Å². The van der Waals surface area contributed by atoms with Crippen molar-refractivity contribution >= 4 is 29.6 Å². The van der Waals surface area contributed by atoms with E-state index >= 15 is 0 Å². The molecule has 0 radical (unpaired) electrons. The number of hydrogen-bond acceptors (Lipinski definition) is 7. The fourth-order valence-corrected chi connectivity index (χ4v) is 4.18. The van der Waals surface area contributed by atoms with E-state index in [1.807, 2.05) is 6.92 Å². The first kappa shape index (κ1) is 36.6. The average molecular weight is 630 g/mol. The van der Waals surface area contributed by atoms with Crippen LogP contribution in [0.25, 0.3) is 5.32 Å². The molecule has 1 aliphatic heterocycles. The van der Waals surface area contributed by atoms with E-state index in [1.165, 1.54) is 4.90 Å². The summed E-state index contributed by atoms with van der Waals surface area (Å²) in [4.78, 5) is 60.2. The Bertz CT molecular complexity index is 955. The zero-order chi connectivity index (χ0) is 28.5. The summed E-state index contributed by atoms with van der Waals surface area (Å²) in [7, 11) is 0. The van der Waals surface area contributed by atoms with Gasteiger partial charge in [-0.3, -0.25) is 19.3 Å². The molecule has 1 N–H and O–H groups in total. The Kier molecular flexibility index (Phi) is 19.4. The predicted octanol–water partition coefficient (Wildman–Crippen LogP) is 1.09. The second-order valence-electron chi connectivity index (χ2n) is 9.66. The molecule has 0 spiro atoms. The molecule has 0 saturated carbocycles. The van der Waals surface area contributed by atoms with Gasteiger partial charge in [-0.1, -0.05) is 56.5 Å².